The van der Waals surface area contributed by atoms with Gasteiger partial charge in [-0.1, -0.05) is 347 Å². The van der Waals surface area contributed by atoms with E-state index < -0.39 is 34.0 Å². The predicted octanol–water partition coefficient (Wildman–Crippen LogP) is 20.9. The molecule has 1 aliphatic rings. The molecular formula is C99H70O5P4. The maximum atomic E-state index is 18.3. The van der Waals surface area contributed by atoms with Crippen molar-refractivity contribution in [2.75, 3.05) is 0 Å². The number of benzene rings is 18. The Bertz CT molecular complexity index is 6770. The summed E-state index contributed by atoms with van der Waals surface area (Å²) in [5, 5.41) is 19.5. The van der Waals surface area contributed by atoms with Crippen LogP contribution in [0.4, 0.5) is 0 Å². The molecule has 108 heavy (non-hydrogen) atoms. The number of fused-ring (bicyclic) bond motifs is 8. The van der Waals surface area contributed by atoms with Gasteiger partial charge in [0.25, 0.3) is 0 Å². The van der Waals surface area contributed by atoms with Gasteiger partial charge in [-0.15, -0.1) is 0 Å². The summed E-state index contributed by atoms with van der Waals surface area (Å²) < 4.78 is 76.9. The van der Waals surface area contributed by atoms with Gasteiger partial charge in [0.15, 0.2) is 28.6 Å². The first-order chi connectivity index (χ1) is 52.8. The summed E-state index contributed by atoms with van der Waals surface area (Å²) in [6, 6.07) is 130. The third kappa shape index (κ3) is 10.7. The number of hydrogen-bond acceptors (Lipinski definition) is 5. The Labute approximate surface area is 628 Å². The Morgan fingerprint density at radius 3 is 0.889 bits per heavy atom. The van der Waals surface area contributed by atoms with Crippen LogP contribution >= 0.6 is 28.6 Å². The van der Waals surface area contributed by atoms with Crippen molar-refractivity contribution in [3.63, 3.8) is 0 Å². The predicted molar refractivity (Wildman–Crippen MR) is 459 cm³/mol. The average Bonchev–Trinajstić information content (AvgIpc) is 0.712. The second-order valence-corrected chi connectivity index (χ2v) is 39.7. The van der Waals surface area contributed by atoms with Crippen molar-refractivity contribution in [1.29, 1.82) is 0 Å². The molecule has 0 spiro atoms. The first kappa shape index (κ1) is 66.9. The minimum absolute atomic E-state index is 0.500. The molecular weight excluding hydrogens is 1390 g/mol. The van der Waals surface area contributed by atoms with Crippen molar-refractivity contribution in [3.8, 4) is 33.8 Å². The monoisotopic (exact) mass is 1460 g/mol. The molecule has 9 heteroatoms. The van der Waals surface area contributed by atoms with Gasteiger partial charge in [-0.3, -0.25) is 0 Å². The molecule has 0 fully saturated rings. The SMILES string of the molecule is CC1(C)c2cccc(P(=O)(c3ccccc3)c3ccccc3)c2Oc2c1cccc2P(=O)(c1ccccc1)c1ccc(-c2ccc3cc(P(=O)(c4ccc5ccccc5c4)c4ccc5ccccc5c4-c4c(P(=O)(c5ccc6ccccc6c5)c5ccc6ccccc6c5)ccc5ccccc45)ccc3c2)cc1. The van der Waals surface area contributed by atoms with Crippen LogP contribution in [-0.2, 0) is 23.7 Å². The molecule has 1 aliphatic heterocycles. The number of hydrogen-bond donors (Lipinski definition) is 0. The Morgan fingerprint density at radius 2 is 0.491 bits per heavy atom. The molecule has 18 aromatic carbocycles. The van der Waals surface area contributed by atoms with Gasteiger partial charge in [-0.25, -0.2) is 0 Å². The lowest BCUT2D eigenvalue weighted by Gasteiger charge is -2.38. The number of para-hydroxylation sites is 2. The topological polar surface area (TPSA) is 77.5 Å². The van der Waals surface area contributed by atoms with Crippen LogP contribution in [-0.4, -0.2) is 0 Å². The first-order valence-corrected chi connectivity index (χ1v) is 43.3. The molecule has 516 valence electrons. The third-order valence-electron chi connectivity index (χ3n) is 22.4. The number of ether oxygens (including phenoxy) is 1. The molecule has 0 bridgehead atoms. The van der Waals surface area contributed by atoms with Crippen molar-refractivity contribution in [3.05, 3.63) is 399 Å². The van der Waals surface area contributed by atoms with E-state index in [9.17, 15) is 0 Å². The lowest BCUT2D eigenvalue weighted by Crippen LogP contribution is -2.34. The highest BCUT2D eigenvalue weighted by molar-refractivity contribution is 7.87. The Kier molecular flexibility index (Phi) is 16.3. The normalized spacial score (nSPS) is 13.9. The van der Waals surface area contributed by atoms with Gasteiger partial charge in [-0.05, 0) is 130 Å². The summed E-state index contributed by atoms with van der Waals surface area (Å²) in [5.74, 6) is 1.01. The van der Waals surface area contributed by atoms with Gasteiger partial charge < -0.3 is 23.0 Å². The van der Waals surface area contributed by atoms with Crippen molar-refractivity contribution < 1.29 is 23.0 Å². The molecule has 0 radical (unpaired) electrons. The molecule has 0 saturated carbocycles. The van der Waals surface area contributed by atoms with E-state index in [4.69, 9.17) is 4.74 Å². The van der Waals surface area contributed by atoms with E-state index in [1.807, 2.05) is 200 Å². The first-order valence-electron chi connectivity index (χ1n) is 36.5. The van der Waals surface area contributed by atoms with Gasteiger partial charge in [0.2, 0.25) is 0 Å². The lowest BCUT2D eigenvalue weighted by atomic mass is 9.76. The van der Waals surface area contributed by atoms with E-state index in [0.29, 0.717) is 75.2 Å². The van der Waals surface area contributed by atoms with E-state index in [0.717, 1.165) is 98.0 Å². The largest absolute Gasteiger partial charge is 0.455 e. The summed E-state index contributed by atoms with van der Waals surface area (Å²) in [6.45, 7) is 4.33. The highest BCUT2D eigenvalue weighted by atomic mass is 31.2. The smallest absolute Gasteiger partial charge is 0.174 e. The fourth-order valence-electron chi connectivity index (χ4n) is 16.8. The van der Waals surface area contributed by atoms with Crippen LogP contribution in [0.15, 0.2) is 388 Å². The van der Waals surface area contributed by atoms with E-state index in [1.165, 1.54) is 0 Å². The van der Waals surface area contributed by atoms with Crippen molar-refractivity contribution in [1.82, 2.24) is 0 Å². The van der Waals surface area contributed by atoms with Crippen LogP contribution in [0.3, 0.4) is 0 Å². The molecule has 0 aromatic heterocycles. The lowest BCUT2D eigenvalue weighted by molar-refractivity contribution is 0.424. The molecule has 2 unspecified atom stereocenters. The molecule has 0 saturated heterocycles. The molecule has 0 amide bonds. The molecule has 0 N–H and O–H groups in total. The van der Waals surface area contributed by atoms with Gasteiger partial charge in [0, 0.05) is 80.7 Å². The van der Waals surface area contributed by atoms with Crippen LogP contribution in [0.25, 0.3) is 86.9 Å². The van der Waals surface area contributed by atoms with Gasteiger partial charge >= 0.3 is 0 Å². The summed E-state index contributed by atoms with van der Waals surface area (Å²) >= 11 is 0. The second-order valence-electron chi connectivity index (χ2n) is 28.7. The van der Waals surface area contributed by atoms with Gasteiger partial charge in [0.1, 0.15) is 11.5 Å². The highest BCUT2D eigenvalue weighted by Crippen LogP contribution is 2.57. The Hall–Kier alpha value is -11.8. The third-order valence-corrected chi connectivity index (χ3v) is 34.6. The summed E-state index contributed by atoms with van der Waals surface area (Å²) in [4.78, 5) is 0. The zero-order chi connectivity index (χ0) is 72.9. The maximum absolute atomic E-state index is 18.3. The fourth-order valence-corrected chi connectivity index (χ4v) is 28.1. The van der Waals surface area contributed by atoms with Crippen molar-refractivity contribution in [2.24, 2.45) is 0 Å². The van der Waals surface area contributed by atoms with E-state index >= 15 is 18.3 Å². The quantitative estimate of drug-likeness (QED) is 0.101. The Morgan fingerprint density at radius 1 is 0.213 bits per heavy atom. The molecule has 5 nitrogen and oxygen atoms in total. The molecule has 0 aliphatic carbocycles. The van der Waals surface area contributed by atoms with E-state index in [-0.39, 0.29) is 0 Å². The molecule has 2 atom stereocenters. The van der Waals surface area contributed by atoms with Crippen LogP contribution in [0, 0.1) is 0 Å². The number of rotatable bonds is 14. The zero-order valence-electron chi connectivity index (χ0n) is 59.3. The minimum Gasteiger partial charge on any atom is -0.455 e. The second kappa shape index (κ2) is 26.3. The average molecular weight is 1460 g/mol. The molecule has 18 aromatic rings. The molecule has 19 rings (SSSR count). The maximum Gasteiger partial charge on any atom is 0.174 e. The van der Waals surface area contributed by atoms with Gasteiger partial charge in [-0.2, -0.15) is 0 Å². The zero-order valence-corrected chi connectivity index (χ0v) is 62.9. The van der Waals surface area contributed by atoms with Gasteiger partial charge in [0.05, 0.1) is 10.6 Å². The highest BCUT2D eigenvalue weighted by Gasteiger charge is 2.45. The minimum atomic E-state index is -4.00. The van der Waals surface area contributed by atoms with E-state index in [1.54, 1.807) is 0 Å². The summed E-state index contributed by atoms with van der Waals surface area (Å²) in [6.07, 6.45) is 0. The summed E-state index contributed by atoms with van der Waals surface area (Å²) in [7, 11) is -15.2. The standard InChI is InChI=1S/C99H70O5P4/c1-99(2)89-40-22-42-93(105(100,79-32-6-3-7-33-79)80-34-8-4-9-35-80)97(89)104-98-90(99)41-23-43-94(98)106(101,81-36-10-5-11-37-81)82-54-46-70(47-55-82)76-44-45-78-66-86(59-51-77(78)62-76)108(103,85-58-50-69-26-14-17-31-75(69)65-85)92-61-53-72-28-19-21-39-88(72)96(92)95-87-38-20-18-27-71(87)52-60-91(95)107(102,83-56-48-67-24-12-15-29-73(67)63-83)84-57-49-68-25-13-16-30-74(68)64-84/h3-66H,1-2H3. The van der Waals surface area contributed by atoms with Crippen LogP contribution in [0.5, 0.6) is 11.5 Å². The fraction of sp³-hybridized carbons (Fsp3) is 0.0303. The van der Waals surface area contributed by atoms with Crippen LogP contribution < -0.4 is 68.4 Å². The van der Waals surface area contributed by atoms with E-state index in [2.05, 4.69) is 202 Å². The molecule has 1 heterocycles. The van der Waals surface area contributed by atoms with Crippen LogP contribution in [0.1, 0.15) is 25.0 Å². The van der Waals surface area contributed by atoms with Crippen LogP contribution in [0.2, 0.25) is 0 Å². The van der Waals surface area contributed by atoms with Crippen molar-refractivity contribution in [2.45, 2.75) is 19.3 Å². The summed E-state index contributed by atoms with van der Waals surface area (Å²) in [5.41, 5.74) is 4.54. The van der Waals surface area contributed by atoms with Crippen molar-refractivity contribution >= 4 is 157 Å². The Balaban J connectivity index is 0.755.